The van der Waals surface area contributed by atoms with Gasteiger partial charge in [-0.3, -0.25) is 24.3 Å². The van der Waals surface area contributed by atoms with E-state index in [0.29, 0.717) is 41.6 Å². The van der Waals surface area contributed by atoms with Crippen molar-refractivity contribution in [2.24, 2.45) is 0 Å². The molecule has 0 aliphatic carbocycles. The molecule has 4 rings (SSSR count). The number of imide groups is 1. The standard InChI is InChI=1S/C20H17N5O4/c26-16(9-12-25-19(27)13-5-1-2-6-14(13)20(25)28)22-11-8-17-23-24-18(29-17)15-7-3-4-10-21-15/h1-7,10H,8-9,11-12H2,(H,22,26). The Morgan fingerprint density at radius 1 is 1.00 bits per heavy atom. The lowest BCUT2D eigenvalue weighted by molar-refractivity contribution is -0.121. The average molecular weight is 391 g/mol. The number of carbonyl (C=O) groups is 3. The van der Waals surface area contributed by atoms with Crippen molar-refractivity contribution in [3.05, 3.63) is 65.7 Å². The molecule has 0 spiro atoms. The van der Waals surface area contributed by atoms with Crippen LogP contribution < -0.4 is 5.32 Å². The van der Waals surface area contributed by atoms with E-state index in [-0.39, 0.29) is 30.7 Å². The Morgan fingerprint density at radius 2 is 1.72 bits per heavy atom. The molecular weight excluding hydrogens is 374 g/mol. The lowest BCUT2D eigenvalue weighted by atomic mass is 10.1. The average Bonchev–Trinajstić information content (AvgIpc) is 3.31. The van der Waals surface area contributed by atoms with Gasteiger partial charge >= 0.3 is 0 Å². The van der Waals surface area contributed by atoms with Crippen LogP contribution in [0.25, 0.3) is 11.6 Å². The van der Waals surface area contributed by atoms with Gasteiger partial charge in [0.05, 0.1) is 11.1 Å². The van der Waals surface area contributed by atoms with Crippen LogP contribution >= 0.6 is 0 Å². The van der Waals surface area contributed by atoms with E-state index in [9.17, 15) is 14.4 Å². The van der Waals surface area contributed by atoms with Crippen molar-refractivity contribution >= 4 is 17.7 Å². The number of fused-ring (bicyclic) bond motifs is 1. The van der Waals surface area contributed by atoms with E-state index in [0.717, 1.165) is 4.90 Å². The fourth-order valence-corrected chi connectivity index (χ4v) is 3.00. The third-order valence-corrected chi connectivity index (χ3v) is 4.45. The van der Waals surface area contributed by atoms with Crippen LogP contribution in [0.2, 0.25) is 0 Å². The molecule has 2 aromatic heterocycles. The maximum Gasteiger partial charge on any atom is 0.266 e. The van der Waals surface area contributed by atoms with Crippen molar-refractivity contribution < 1.29 is 18.8 Å². The number of benzene rings is 1. The summed E-state index contributed by atoms with van der Waals surface area (Å²) in [5, 5.41) is 10.6. The first-order valence-electron chi connectivity index (χ1n) is 9.09. The minimum absolute atomic E-state index is 0.0223. The molecule has 1 aromatic carbocycles. The summed E-state index contributed by atoms with van der Waals surface area (Å²) in [6, 6.07) is 12.0. The molecule has 3 heterocycles. The van der Waals surface area contributed by atoms with Crippen LogP contribution in [0.4, 0.5) is 0 Å². The Bertz CT molecular complexity index is 1030. The number of rotatable bonds is 7. The minimum atomic E-state index is -0.369. The van der Waals surface area contributed by atoms with Gasteiger partial charge in [0.15, 0.2) is 0 Å². The number of hydrogen-bond donors (Lipinski definition) is 1. The van der Waals surface area contributed by atoms with Crippen LogP contribution in [-0.2, 0) is 11.2 Å². The molecule has 0 atom stereocenters. The molecule has 0 radical (unpaired) electrons. The molecule has 29 heavy (non-hydrogen) atoms. The van der Waals surface area contributed by atoms with Crippen LogP contribution in [0.3, 0.4) is 0 Å². The van der Waals surface area contributed by atoms with Crippen molar-refractivity contribution in [2.45, 2.75) is 12.8 Å². The lowest BCUT2D eigenvalue weighted by Crippen LogP contribution is -2.35. The Kier molecular flexibility index (Phi) is 5.10. The number of nitrogens with one attached hydrogen (secondary N) is 1. The van der Waals surface area contributed by atoms with Gasteiger partial charge in [-0.1, -0.05) is 18.2 Å². The maximum absolute atomic E-state index is 12.3. The van der Waals surface area contributed by atoms with E-state index in [4.69, 9.17) is 4.42 Å². The quantitative estimate of drug-likeness (QED) is 0.606. The molecule has 1 aliphatic rings. The number of nitrogens with zero attached hydrogens (tertiary/aromatic N) is 4. The summed E-state index contributed by atoms with van der Waals surface area (Å²) in [5.41, 5.74) is 1.33. The molecule has 0 bridgehead atoms. The predicted octanol–water partition coefficient (Wildman–Crippen LogP) is 1.48. The summed E-state index contributed by atoms with van der Waals surface area (Å²) in [7, 11) is 0. The summed E-state index contributed by atoms with van der Waals surface area (Å²) in [6.45, 7) is 0.327. The molecular formula is C20H17N5O4. The van der Waals surface area contributed by atoms with Gasteiger partial charge in [-0.2, -0.15) is 0 Å². The summed E-state index contributed by atoms with van der Waals surface area (Å²) in [4.78, 5) is 41.9. The number of amides is 3. The van der Waals surface area contributed by atoms with E-state index in [1.165, 1.54) is 0 Å². The van der Waals surface area contributed by atoms with E-state index < -0.39 is 0 Å². The highest BCUT2D eigenvalue weighted by molar-refractivity contribution is 6.21. The molecule has 9 heteroatoms. The Morgan fingerprint density at radius 3 is 2.41 bits per heavy atom. The highest BCUT2D eigenvalue weighted by Gasteiger charge is 2.34. The Labute approximate surface area is 165 Å². The second kappa shape index (κ2) is 8.01. The molecule has 0 fully saturated rings. The first-order valence-corrected chi connectivity index (χ1v) is 9.09. The smallest absolute Gasteiger partial charge is 0.266 e. The van der Waals surface area contributed by atoms with E-state index in [1.54, 1.807) is 42.6 Å². The second-order valence-corrected chi connectivity index (χ2v) is 6.37. The number of pyridine rings is 1. The normalized spacial score (nSPS) is 12.9. The van der Waals surface area contributed by atoms with Crippen LogP contribution in [0.1, 0.15) is 33.0 Å². The molecule has 3 aromatic rings. The molecule has 0 unspecified atom stereocenters. The van der Waals surface area contributed by atoms with Crippen molar-refractivity contribution in [1.82, 2.24) is 25.4 Å². The van der Waals surface area contributed by atoms with Gasteiger partial charge in [-0.15, -0.1) is 10.2 Å². The van der Waals surface area contributed by atoms with Gasteiger partial charge in [-0.25, -0.2) is 0 Å². The summed E-state index contributed by atoms with van der Waals surface area (Å²) >= 11 is 0. The molecule has 1 N–H and O–H groups in total. The van der Waals surface area contributed by atoms with E-state index in [1.807, 2.05) is 6.07 Å². The SMILES string of the molecule is O=C(CCN1C(=O)c2ccccc2C1=O)NCCc1nnc(-c2ccccn2)o1. The van der Waals surface area contributed by atoms with Crippen molar-refractivity contribution in [1.29, 1.82) is 0 Å². The minimum Gasteiger partial charge on any atom is -0.419 e. The van der Waals surface area contributed by atoms with Gasteiger partial charge in [0.25, 0.3) is 17.7 Å². The number of hydrogen-bond acceptors (Lipinski definition) is 7. The zero-order chi connectivity index (χ0) is 20.2. The van der Waals surface area contributed by atoms with Gasteiger partial charge < -0.3 is 9.73 Å². The van der Waals surface area contributed by atoms with Crippen molar-refractivity contribution in [3.63, 3.8) is 0 Å². The van der Waals surface area contributed by atoms with Gasteiger partial charge in [0.1, 0.15) is 5.69 Å². The Hall–Kier alpha value is -3.88. The first-order chi connectivity index (χ1) is 14.1. The lowest BCUT2D eigenvalue weighted by Gasteiger charge is -2.13. The van der Waals surface area contributed by atoms with Gasteiger partial charge in [0.2, 0.25) is 11.8 Å². The van der Waals surface area contributed by atoms with Crippen LogP contribution in [0.5, 0.6) is 0 Å². The monoisotopic (exact) mass is 391 g/mol. The second-order valence-electron chi connectivity index (χ2n) is 6.37. The predicted molar refractivity (Wildman–Crippen MR) is 101 cm³/mol. The van der Waals surface area contributed by atoms with Crippen molar-refractivity contribution in [2.75, 3.05) is 13.1 Å². The zero-order valence-electron chi connectivity index (χ0n) is 15.4. The van der Waals surface area contributed by atoms with Gasteiger partial charge in [0, 0.05) is 32.1 Å². The van der Waals surface area contributed by atoms with E-state index >= 15 is 0 Å². The summed E-state index contributed by atoms with van der Waals surface area (Å²) in [5.74, 6) is -0.313. The molecule has 1 aliphatic heterocycles. The van der Waals surface area contributed by atoms with Gasteiger partial charge in [-0.05, 0) is 24.3 Å². The highest BCUT2D eigenvalue weighted by atomic mass is 16.4. The van der Waals surface area contributed by atoms with Crippen LogP contribution in [-0.4, -0.2) is 50.9 Å². The first kappa shape index (κ1) is 18.5. The fraction of sp³-hybridized carbons (Fsp3) is 0.200. The highest BCUT2D eigenvalue weighted by Crippen LogP contribution is 2.22. The van der Waals surface area contributed by atoms with Crippen molar-refractivity contribution in [3.8, 4) is 11.6 Å². The van der Waals surface area contributed by atoms with Crippen LogP contribution in [0.15, 0.2) is 53.1 Å². The third-order valence-electron chi connectivity index (χ3n) is 4.45. The zero-order valence-corrected chi connectivity index (χ0v) is 15.4. The topological polar surface area (TPSA) is 118 Å². The maximum atomic E-state index is 12.3. The number of carbonyl (C=O) groups excluding carboxylic acids is 3. The van der Waals surface area contributed by atoms with Crippen LogP contribution in [0, 0.1) is 0 Å². The fourth-order valence-electron chi connectivity index (χ4n) is 3.00. The molecule has 0 saturated carbocycles. The molecule has 0 saturated heterocycles. The molecule has 146 valence electrons. The molecule has 9 nitrogen and oxygen atoms in total. The third kappa shape index (κ3) is 3.88. The Balaban J connectivity index is 1.24. The number of aromatic nitrogens is 3. The summed E-state index contributed by atoms with van der Waals surface area (Å²) < 4.78 is 5.52. The molecule has 3 amide bonds. The summed E-state index contributed by atoms with van der Waals surface area (Å²) in [6.07, 6.45) is 2.01. The van der Waals surface area contributed by atoms with E-state index in [2.05, 4.69) is 20.5 Å². The largest absolute Gasteiger partial charge is 0.419 e.